The molecule has 30 heavy (non-hydrogen) atoms. The van der Waals surface area contributed by atoms with E-state index in [9.17, 15) is 9.59 Å². The lowest BCUT2D eigenvalue weighted by Gasteiger charge is -2.19. The fraction of sp³-hybridized carbons (Fsp3) is 0.867. The number of aliphatic hydroxyl groups excluding tert-OH is 13. The molecular weight excluding hydrogens is 420 g/mol. The molecular formula is C15H32O15. The van der Waals surface area contributed by atoms with Gasteiger partial charge in [-0.3, -0.25) is 4.79 Å². The first-order valence-corrected chi connectivity index (χ1v) is 8.36. The van der Waals surface area contributed by atoms with Crippen LogP contribution in [-0.2, 0) is 9.59 Å². The number of hydrogen-bond donors (Lipinski definition) is 13. The van der Waals surface area contributed by atoms with Gasteiger partial charge in [-0.1, -0.05) is 0 Å². The van der Waals surface area contributed by atoms with Crippen molar-refractivity contribution in [2.24, 2.45) is 0 Å². The summed E-state index contributed by atoms with van der Waals surface area (Å²) < 4.78 is 0. The van der Waals surface area contributed by atoms with Crippen LogP contribution < -0.4 is 0 Å². The van der Waals surface area contributed by atoms with Gasteiger partial charge in [0.25, 0.3) is 0 Å². The maximum Gasteiger partial charge on any atom is 0.189 e. The lowest BCUT2D eigenvalue weighted by molar-refractivity contribution is -0.137. The Labute approximate surface area is 171 Å². The van der Waals surface area contributed by atoms with Gasteiger partial charge in [0.05, 0.1) is 26.4 Å². The third kappa shape index (κ3) is 14.7. The number of carbonyl (C=O) groups excluding carboxylic acids is 2. The number of Topliss-reactive ketones (excluding diaryl/α,β-unsaturated/α-hetero) is 1. The fourth-order valence-electron chi connectivity index (χ4n) is 1.30. The van der Waals surface area contributed by atoms with E-state index < -0.39 is 87.6 Å². The molecule has 15 nitrogen and oxygen atoms in total. The molecule has 0 aromatic carbocycles. The first-order chi connectivity index (χ1) is 13.9. The third-order valence-electron chi connectivity index (χ3n) is 3.27. The van der Waals surface area contributed by atoms with Crippen molar-refractivity contribution in [1.82, 2.24) is 0 Å². The van der Waals surface area contributed by atoms with Gasteiger partial charge in [-0.05, 0) is 0 Å². The van der Waals surface area contributed by atoms with E-state index in [1.54, 1.807) is 0 Å². The highest BCUT2D eigenvalue weighted by Crippen LogP contribution is 1.98. The van der Waals surface area contributed by atoms with Gasteiger partial charge in [0.15, 0.2) is 12.1 Å². The van der Waals surface area contributed by atoms with Crippen molar-refractivity contribution in [3.8, 4) is 0 Å². The number of aldehydes is 1. The second-order valence-corrected chi connectivity index (χ2v) is 5.68. The second-order valence-electron chi connectivity index (χ2n) is 5.68. The molecule has 0 aliphatic carbocycles. The molecule has 0 heterocycles. The van der Waals surface area contributed by atoms with Gasteiger partial charge in [0.2, 0.25) is 0 Å². The molecule has 1 unspecified atom stereocenters. The lowest BCUT2D eigenvalue weighted by atomic mass is 10.1. The highest BCUT2D eigenvalue weighted by atomic mass is 16.4. The van der Waals surface area contributed by atoms with Crippen molar-refractivity contribution in [1.29, 1.82) is 0 Å². The number of hydrogen-bond acceptors (Lipinski definition) is 15. The zero-order chi connectivity index (χ0) is 24.4. The van der Waals surface area contributed by atoms with Gasteiger partial charge in [0, 0.05) is 0 Å². The molecule has 0 aliphatic heterocycles. The number of carbonyl (C=O) groups is 2. The van der Waals surface area contributed by atoms with Gasteiger partial charge in [-0.25, -0.2) is 0 Å². The topological polar surface area (TPSA) is 297 Å². The first kappa shape index (κ1) is 33.5. The quantitative estimate of drug-likeness (QED) is 0.122. The maximum atomic E-state index is 10.3. The summed E-state index contributed by atoms with van der Waals surface area (Å²) in [7, 11) is 0. The molecule has 0 saturated carbocycles. The monoisotopic (exact) mass is 452 g/mol. The Balaban J connectivity index is -0.000000364. The lowest BCUT2D eigenvalue weighted by Crippen LogP contribution is -2.41. The van der Waals surface area contributed by atoms with Crippen LogP contribution in [0.25, 0.3) is 0 Å². The minimum Gasteiger partial charge on any atom is -0.394 e. The van der Waals surface area contributed by atoms with Gasteiger partial charge in [-0.2, -0.15) is 0 Å². The minimum absolute atomic E-state index is 0.0869. The molecule has 15 heteroatoms. The van der Waals surface area contributed by atoms with Gasteiger partial charge in [0.1, 0.15) is 55.4 Å². The van der Waals surface area contributed by atoms with E-state index in [2.05, 4.69) is 0 Å². The van der Waals surface area contributed by atoms with Gasteiger partial charge >= 0.3 is 0 Å². The fourth-order valence-corrected chi connectivity index (χ4v) is 1.30. The zero-order valence-corrected chi connectivity index (χ0v) is 15.9. The molecule has 0 saturated heterocycles. The molecule has 182 valence electrons. The van der Waals surface area contributed by atoms with Crippen LogP contribution in [0.1, 0.15) is 0 Å². The van der Waals surface area contributed by atoms with E-state index in [1.807, 2.05) is 0 Å². The summed E-state index contributed by atoms with van der Waals surface area (Å²) in [5, 5.41) is 110. The highest BCUT2D eigenvalue weighted by molar-refractivity contribution is 5.84. The van der Waals surface area contributed by atoms with E-state index >= 15 is 0 Å². The van der Waals surface area contributed by atoms with Crippen LogP contribution in [0.3, 0.4) is 0 Å². The zero-order valence-electron chi connectivity index (χ0n) is 15.9. The second kappa shape index (κ2) is 19.8. The third-order valence-corrected chi connectivity index (χ3v) is 3.27. The van der Waals surface area contributed by atoms with E-state index in [-0.39, 0.29) is 6.29 Å². The van der Waals surface area contributed by atoms with Gasteiger partial charge in [-0.15, -0.1) is 0 Å². The molecule has 0 bridgehead atoms. The minimum atomic E-state index is -1.69. The molecule has 13 N–H and O–H groups in total. The van der Waals surface area contributed by atoms with E-state index in [1.165, 1.54) is 0 Å². The van der Waals surface area contributed by atoms with Crippen molar-refractivity contribution in [2.45, 2.75) is 48.8 Å². The van der Waals surface area contributed by atoms with E-state index in [4.69, 9.17) is 66.4 Å². The van der Waals surface area contributed by atoms with Crippen LogP contribution >= 0.6 is 0 Å². The summed E-state index contributed by atoms with van der Waals surface area (Å²) in [5.74, 6) is -0.901. The molecule has 0 radical (unpaired) electrons. The summed E-state index contributed by atoms with van der Waals surface area (Å²) in [6.07, 6.45) is -12.1. The Hall–Kier alpha value is -1.18. The Morgan fingerprint density at radius 2 is 0.933 bits per heavy atom. The summed E-state index contributed by atoms with van der Waals surface area (Å²) in [4.78, 5) is 20.1. The normalized spacial score (nSPS) is 18.7. The maximum absolute atomic E-state index is 10.3. The standard InChI is InChI=1S/C5H12O5.2C5H10O5/c3*6-1-3(8)5(10)4(9)2-7/h3-10H,1-2H2;3,5-8,10H,1-2H2;1,3-5,7-10H,2H2/t3-,4+,5?;3-,5+;3-,4+,5+/m.10/s1. The van der Waals surface area contributed by atoms with Crippen LogP contribution in [-0.4, -0.2) is 160 Å². The van der Waals surface area contributed by atoms with Crippen LogP contribution in [0.15, 0.2) is 0 Å². The molecule has 0 aromatic heterocycles. The van der Waals surface area contributed by atoms with Crippen LogP contribution in [0.5, 0.6) is 0 Å². The van der Waals surface area contributed by atoms with E-state index in [0.717, 1.165) is 0 Å². The largest absolute Gasteiger partial charge is 0.394 e. The highest BCUT2D eigenvalue weighted by Gasteiger charge is 2.24. The summed E-state index contributed by atoms with van der Waals surface area (Å²) >= 11 is 0. The first-order valence-electron chi connectivity index (χ1n) is 8.36. The summed E-state index contributed by atoms with van der Waals surface area (Å²) in [6, 6.07) is 0. The Kier molecular flexibility index (Phi) is 22.0. The van der Waals surface area contributed by atoms with Crippen molar-refractivity contribution in [2.75, 3.05) is 33.0 Å². The number of rotatable bonds is 12. The Bertz CT molecular complexity index is 413. The average Bonchev–Trinajstić information content (AvgIpc) is 2.79. The Morgan fingerprint density at radius 1 is 0.600 bits per heavy atom. The Morgan fingerprint density at radius 3 is 1.20 bits per heavy atom. The average molecular weight is 452 g/mol. The summed E-state index contributed by atoms with van der Waals surface area (Å²) in [5.41, 5.74) is 0. The van der Waals surface area contributed by atoms with Crippen molar-refractivity contribution < 1.29 is 76.0 Å². The molecule has 8 atom stereocenters. The number of aliphatic hydroxyl groups is 13. The predicted molar refractivity (Wildman–Crippen MR) is 94.6 cm³/mol. The molecule has 0 aliphatic rings. The van der Waals surface area contributed by atoms with Crippen LogP contribution in [0, 0.1) is 0 Å². The molecule has 0 spiro atoms. The molecule has 0 amide bonds. The van der Waals surface area contributed by atoms with Crippen molar-refractivity contribution in [3.63, 3.8) is 0 Å². The van der Waals surface area contributed by atoms with Crippen LogP contribution in [0.4, 0.5) is 0 Å². The smallest absolute Gasteiger partial charge is 0.189 e. The molecule has 0 aromatic rings. The van der Waals surface area contributed by atoms with Crippen molar-refractivity contribution in [3.05, 3.63) is 0 Å². The number of ketones is 1. The van der Waals surface area contributed by atoms with Crippen LogP contribution in [0.2, 0.25) is 0 Å². The van der Waals surface area contributed by atoms with Crippen molar-refractivity contribution >= 4 is 12.1 Å². The predicted octanol–water partition coefficient (Wildman–Crippen LogP) is -8.42. The molecule has 0 rings (SSSR count). The summed E-state index contributed by atoms with van der Waals surface area (Å²) in [6.45, 7) is -3.51. The SMILES string of the molecule is O=C(CO)[C@@H](O)[C@H](O)CO.O=C[C@H](O)[C@@H](O)[C@H](O)CO.OC[C@@H](O)C(O)[C@@H](O)CO. The van der Waals surface area contributed by atoms with Gasteiger partial charge < -0.3 is 71.2 Å². The molecule has 0 fully saturated rings. The van der Waals surface area contributed by atoms with E-state index in [0.29, 0.717) is 0 Å².